The van der Waals surface area contributed by atoms with E-state index in [9.17, 15) is 0 Å². The number of halogens is 1. The molecule has 4 nitrogen and oxygen atoms in total. The van der Waals surface area contributed by atoms with Gasteiger partial charge >= 0.3 is 0 Å². The minimum absolute atomic E-state index is 0. The summed E-state index contributed by atoms with van der Waals surface area (Å²) in [5.74, 6) is 0.488. The number of rotatable bonds is 1. The minimum Gasteiger partial charge on any atom is -0.368 e. The van der Waals surface area contributed by atoms with Gasteiger partial charge in [0.2, 0.25) is 5.96 Å². The van der Waals surface area contributed by atoms with Crippen LogP contribution in [0.4, 0.5) is 0 Å². The predicted molar refractivity (Wildman–Crippen MR) is 39.5 cm³/mol. The summed E-state index contributed by atoms with van der Waals surface area (Å²) in [5, 5.41) is 8.53. The van der Waals surface area contributed by atoms with E-state index < -0.39 is 0 Å². The molecule has 0 unspecified atom stereocenters. The molecular weight excluding hydrogens is 140 g/mol. The number of nitrogens with one attached hydrogen (secondary N) is 1. The summed E-state index contributed by atoms with van der Waals surface area (Å²) in [6.07, 6.45) is 0. The smallest absolute Gasteiger partial charge is 0.211 e. The molecule has 0 bridgehead atoms. The fraction of sp³-hybridized carbons (Fsp3) is 0.750. The largest absolute Gasteiger partial charge is 0.368 e. The SMILES string of the molecule is CNC(N)=NN1CC1.Cl. The zero-order valence-corrected chi connectivity index (χ0v) is 6.11. The van der Waals surface area contributed by atoms with Crippen LogP contribution in [0.5, 0.6) is 0 Å². The van der Waals surface area contributed by atoms with Crippen LogP contribution in [0.15, 0.2) is 5.10 Å². The molecule has 0 aromatic rings. The second-order valence-corrected chi connectivity index (χ2v) is 1.69. The highest BCUT2D eigenvalue weighted by Crippen LogP contribution is 2.01. The summed E-state index contributed by atoms with van der Waals surface area (Å²) in [5.41, 5.74) is 5.31. The van der Waals surface area contributed by atoms with Gasteiger partial charge in [0.1, 0.15) is 0 Å². The molecule has 9 heavy (non-hydrogen) atoms. The number of guanidine groups is 1. The summed E-state index contributed by atoms with van der Waals surface area (Å²) in [6.45, 7) is 2.09. The minimum atomic E-state index is 0. The van der Waals surface area contributed by atoms with E-state index in [2.05, 4.69) is 10.4 Å². The molecule has 54 valence electrons. The van der Waals surface area contributed by atoms with Gasteiger partial charge in [-0.25, -0.2) is 0 Å². The molecule has 1 rings (SSSR count). The van der Waals surface area contributed by atoms with Crippen LogP contribution in [0.1, 0.15) is 0 Å². The van der Waals surface area contributed by atoms with Crippen molar-refractivity contribution in [2.45, 2.75) is 0 Å². The lowest BCUT2D eigenvalue weighted by molar-refractivity contribution is 0.601. The molecule has 0 spiro atoms. The highest BCUT2D eigenvalue weighted by atomic mass is 35.5. The quantitative estimate of drug-likeness (QED) is 0.292. The molecule has 0 aromatic carbocycles. The third-order valence-corrected chi connectivity index (χ3v) is 0.929. The maximum Gasteiger partial charge on any atom is 0.211 e. The molecule has 0 amide bonds. The van der Waals surface area contributed by atoms with Crippen molar-refractivity contribution >= 4 is 18.4 Å². The molecule has 0 aromatic heterocycles. The molecule has 5 heteroatoms. The van der Waals surface area contributed by atoms with Crippen LogP contribution in [0, 0.1) is 0 Å². The molecule has 0 atom stereocenters. The van der Waals surface area contributed by atoms with Crippen molar-refractivity contribution in [3.8, 4) is 0 Å². The van der Waals surface area contributed by atoms with Crippen molar-refractivity contribution in [2.24, 2.45) is 10.8 Å². The molecule has 1 saturated heterocycles. The Hall–Kier alpha value is -0.640. The van der Waals surface area contributed by atoms with Crippen molar-refractivity contribution in [1.82, 2.24) is 10.3 Å². The van der Waals surface area contributed by atoms with Crippen LogP contribution < -0.4 is 11.1 Å². The Balaban J connectivity index is 0.000000640. The second kappa shape index (κ2) is 3.40. The average molecular weight is 151 g/mol. The average Bonchev–Trinajstić information content (AvgIpc) is 2.50. The van der Waals surface area contributed by atoms with Gasteiger partial charge in [-0.2, -0.15) is 0 Å². The Morgan fingerprint density at radius 3 is 2.56 bits per heavy atom. The predicted octanol–water partition coefficient (Wildman–Crippen LogP) is -0.827. The lowest BCUT2D eigenvalue weighted by Crippen LogP contribution is -2.28. The Bertz CT molecular complexity index is 109. The fourth-order valence-corrected chi connectivity index (χ4v) is 0.347. The Labute approximate surface area is 60.5 Å². The van der Waals surface area contributed by atoms with E-state index in [0.717, 1.165) is 13.1 Å². The maximum absolute atomic E-state index is 5.31. The van der Waals surface area contributed by atoms with Gasteiger partial charge in [0.25, 0.3) is 0 Å². The van der Waals surface area contributed by atoms with E-state index in [4.69, 9.17) is 5.73 Å². The van der Waals surface area contributed by atoms with Gasteiger partial charge in [0, 0.05) is 7.05 Å². The third-order valence-electron chi connectivity index (χ3n) is 0.929. The first-order valence-electron chi connectivity index (χ1n) is 2.59. The molecule has 0 saturated carbocycles. The summed E-state index contributed by atoms with van der Waals surface area (Å²) < 4.78 is 0. The van der Waals surface area contributed by atoms with E-state index in [1.807, 2.05) is 5.01 Å². The molecule has 3 N–H and O–H groups in total. The van der Waals surface area contributed by atoms with Gasteiger partial charge < -0.3 is 11.1 Å². The summed E-state index contributed by atoms with van der Waals surface area (Å²) in [6, 6.07) is 0. The third kappa shape index (κ3) is 3.03. The van der Waals surface area contributed by atoms with Crippen molar-refractivity contribution in [3.63, 3.8) is 0 Å². The van der Waals surface area contributed by atoms with Gasteiger partial charge in [-0.15, -0.1) is 17.5 Å². The lowest BCUT2D eigenvalue weighted by atomic mass is 11.0. The molecule has 1 aliphatic heterocycles. The normalized spacial score (nSPS) is 16.6. The first-order chi connectivity index (χ1) is 3.83. The molecule has 1 fully saturated rings. The van der Waals surface area contributed by atoms with Gasteiger partial charge in [0.15, 0.2) is 0 Å². The van der Waals surface area contributed by atoms with Gasteiger partial charge in [-0.05, 0) is 0 Å². The van der Waals surface area contributed by atoms with Crippen LogP contribution in [0.25, 0.3) is 0 Å². The van der Waals surface area contributed by atoms with Crippen molar-refractivity contribution in [3.05, 3.63) is 0 Å². The fourth-order valence-electron chi connectivity index (χ4n) is 0.347. The van der Waals surface area contributed by atoms with E-state index >= 15 is 0 Å². The number of hydrogen-bond acceptors (Lipinski definition) is 2. The number of nitrogens with zero attached hydrogens (tertiary/aromatic N) is 2. The van der Waals surface area contributed by atoms with E-state index in [0.29, 0.717) is 5.96 Å². The first kappa shape index (κ1) is 8.36. The Morgan fingerprint density at radius 1 is 1.67 bits per heavy atom. The highest BCUT2D eigenvalue weighted by molar-refractivity contribution is 5.85. The van der Waals surface area contributed by atoms with Gasteiger partial charge in [0.05, 0.1) is 13.1 Å². The zero-order valence-electron chi connectivity index (χ0n) is 5.29. The van der Waals surface area contributed by atoms with E-state index in [-0.39, 0.29) is 12.4 Å². The summed E-state index contributed by atoms with van der Waals surface area (Å²) >= 11 is 0. The van der Waals surface area contributed by atoms with E-state index in [1.165, 1.54) is 0 Å². The summed E-state index contributed by atoms with van der Waals surface area (Å²) in [7, 11) is 1.75. The van der Waals surface area contributed by atoms with Crippen LogP contribution in [-0.2, 0) is 0 Å². The molecule has 0 aliphatic carbocycles. The highest BCUT2D eigenvalue weighted by Gasteiger charge is 2.13. The maximum atomic E-state index is 5.31. The molecule has 0 radical (unpaired) electrons. The Morgan fingerprint density at radius 2 is 2.22 bits per heavy atom. The molecule has 1 heterocycles. The standard InChI is InChI=1S/C4H10N4.ClH/c1-6-4(5)7-8-2-3-8;/h2-3H2,1H3,(H3,5,6,7);1H. The molecule has 1 aliphatic rings. The van der Waals surface area contributed by atoms with Crippen molar-refractivity contribution in [1.29, 1.82) is 0 Å². The van der Waals surface area contributed by atoms with Crippen LogP contribution in [-0.4, -0.2) is 31.1 Å². The van der Waals surface area contributed by atoms with Crippen LogP contribution in [0.3, 0.4) is 0 Å². The molecular formula is C4H11ClN4. The lowest BCUT2D eigenvalue weighted by Gasteiger charge is -1.95. The number of hydrazone groups is 1. The zero-order chi connectivity index (χ0) is 5.98. The van der Waals surface area contributed by atoms with Crippen LogP contribution >= 0.6 is 12.4 Å². The van der Waals surface area contributed by atoms with Crippen LogP contribution in [0.2, 0.25) is 0 Å². The summed E-state index contributed by atoms with van der Waals surface area (Å²) in [4.78, 5) is 0. The van der Waals surface area contributed by atoms with Crippen molar-refractivity contribution < 1.29 is 0 Å². The van der Waals surface area contributed by atoms with E-state index in [1.54, 1.807) is 7.05 Å². The topological polar surface area (TPSA) is 53.4 Å². The number of hydrogen-bond donors (Lipinski definition) is 2. The second-order valence-electron chi connectivity index (χ2n) is 1.69. The Kier molecular flexibility index (Phi) is 3.16. The number of nitrogens with two attached hydrogens (primary N) is 1. The van der Waals surface area contributed by atoms with Gasteiger partial charge in [-0.1, -0.05) is 0 Å². The first-order valence-corrected chi connectivity index (χ1v) is 2.59. The van der Waals surface area contributed by atoms with Gasteiger partial charge in [-0.3, -0.25) is 5.01 Å². The monoisotopic (exact) mass is 150 g/mol. The van der Waals surface area contributed by atoms with Crippen molar-refractivity contribution in [2.75, 3.05) is 20.1 Å².